The molecule has 4 heteroatoms. The molecule has 2 saturated heterocycles. The summed E-state index contributed by atoms with van der Waals surface area (Å²) >= 11 is 1.75. The first kappa shape index (κ1) is 17.7. The summed E-state index contributed by atoms with van der Waals surface area (Å²) in [6.45, 7) is 3.49. The molecule has 1 atom stereocenters. The molecular formula is C22H28N2OS. The van der Waals surface area contributed by atoms with Gasteiger partial charge >= 0.3 is 0 Å². The summed E-state index contributed by atoms with van der Waals surface area (Å²) in [6.07, 6.45) is 5.80. The molecule has 138 valence electrons. The monoisotopic (exact) mass is 368 g/mol. The van der Waals surface area contributed by atoms with Crippen LogP contribution in [0.1, 0.15) is 42.9 Å². The normalized spacial score (nSPS) is 22.0. The zero-order valence-corrected chi connectivity index (χ0v) is 16.2. The number of carbonyl (C=O) groups is 1. The number of benzene rings is 1. The van der Waals surface area contributed by atoms with Crippen LogP contribution in [0.15, 0.2) is 47.2 Å². The maximum Gasteiger partial charge on any atom is 0.236 e. The van der Waals surface area contributed by atoms with E-state index in [1.807, 2.05) is 0 Å². The third-order valence-corrected chi connectivity index (χ3v) is 6.67. The molecule has 3 nitrogen and oxygen atoms in total. The predicted molar refractivity (Wildman–Crippen MR) is 107 cm³/mol. The zero-order chi connectivity index (χ0) is 17.8. The third-order valence-electron chi connectivity index (χ3n) is 5.96. The van der Waals surface area contributed by atoms with Gasteiger partial charge in [0.15, 0.2) is 0 Å². The summed E-state index contributed by atoms with van der Waals surface area (Å²) in [6, 6.07) is 13.4. The number of nitrogens with zero attached hydrogens (tertiary/aromatic N) is 2. The van der Waals surface area contributed by atoms with Gasteiger partial charge in [0.05, 0.1) is 6.54 Å². The Hall–Kier alpha value is -1.65. The van der Waals surface area contributed by atoms with Gasteiger partial charge in [-0.05, 0) is 72.5 Å². The van der Waals surface area contributed by atoms with Crippen LogP contribution in [0.5, 0.6) is 0 Å². The van der Waals surface area contributed by atoms with Crippen LogP contribution in [0.4, 0.5) is 0 Å². The largest absolute Gasteiger partial charge is 0.342 e. The van der Waals surface area contributed by atoms with Crippen LogP contribution < -0.4 is 0 Å². The first-order chi connectivity index (χ1) is 12.8. The van der Waals surface area contributed by atoms with E-state index in [0.29, 0.717) is 24.4 Å². The van der Waals surface area contributed by atoms with E-state index in [0.717, 1.165) is 38.9 Å². The van der Waals surface area contributed by atoms with Crippen LogP contribution in [0.25, 0.3) is 0 Å². The highest BCUT2D eigenvalue weighted by atomic mass is 32.1. The number of carbonyl (C=O) groups excluding carboxylic acids is 1. The van der Waals surface area contributed by atoms with E-state index in [1.54, 1.807) is 11.3 Å². The first-order valence-corrected chi connectivity index (χ1v) is 10.8. The van der Waals surface area contributed by atoms with Crippen molar-refractivity contribution < 1.29 is 4.79 Å². The highest BCUT2D eigenvalue weighted by Gasteiger charge is 2.30. The molecule has 2 aliphatic heterocycles. The molecule has 0 unspecified atom stereocenters. The molecule has 2 fully saturated rings. The molecule has 26 heavy (non-hydrogen) atoms. The standard InChI is InChI=1S/C22H28N2OS/c25-22(16-24-11-4-7-21(24)20-10-14-26-17-20)23-12-8-19(9-13-23)15-18-5-2-1-3-6-18/h1-3,5-6,10,14,17,19,21H,4,7-9,11-13,15-16H2/t21-/m0/s1. The van der Waals surface area contributed by atoms with Gasteiger partial charge in [-0.2, -0.15) is 11.3 Å². The number of piperidine rings is 1. The number of hydrogen-bond donors (Lipinski definition) is 0. The summed E-state index contributed by atoms with van der Waals surface area (Å²) in [7, 11) is 0. The molecule has 2 aromatic rings. The highest BCUT2D eigenvalue weighted by Crippen LogP contribution is 2.33. The van der Waals surface area contributed by atoms with Crippen molar-refractivity contribution >= 4 is 17.2 Å². The van der Waals surface area contributed by atoms with E-state index in [1.165, 1.54) is 24.0 Å². The van der Waals surface area contributed by atoms with E-state index in [4.69, 9.17) is 0 Å². The zero-order valence-electron chi connectivity index (χ0n) is 15.3. The Balaban J connectivity index is 1.27. The molecule has 0 spiro atoms. The second-order valence-electron chi connectivity index (χ2n) is 7.70. The Morgan fingerprint density at radius 1 is 1.04 bits per heavy atom. The van der Waals surface area contributed by atoms with Gasteiger partial charge in [-0.25, -0.2) is 0 Å². The molecular weight excluding hydrogens is 340 g/mol. The number of rotatable bonds is 5. The van der Waals surface area contributed by atoms with Crippen LogP contribution in [0.3, 0.4) is 0 Å². The summed E-state index contributed by atoms with van der Waals surface area (Å²) in [5.74, 6) is 1.04. The minimum absolute atomic E-state index is 0.324. The minimum atomic E-state index is 0.324. The third kappa shape index (κ3) is 4.18. The van der Waals surface area contributed by atoms with Gasteiger partial charge in [-0.3, -0.25) is 9.69 Å². The van der Waals surface area contributed by atoms with Gasteiger partial charge < -0.3 is 4.90 Å². The van der Waals surface area contributed by atoms with E-state index >= 15 is 0 Å². The SMILES string of the molecule is O=C(CN1CCC[C@H]1c1ccsc1)N1CCC(Cc2ccccc2)CC1. The van der Waals surface area contributed by atoms with Gasteiger partial charge in [0.25, 0.3) is 0 Å². The van der Waals surface area contributed by atoms with Crippen LogP contribution in [-0.2, 0) is 11.2 Å². The van der Waals surface area contributed by atoms with Gasteiger partial charge in [-0.15, -0.1) is 0 Å². The predicted octanol–water partition coefficient (Wildman–Crippen LogP) is 4.37. The maximum atomic E-state index is 12.8. The molecule has 4 rings (SSSR count). The fraction of sp³-hybridized carbons (Fsp3) is 0.500. The summed E-state index contributed by atoms with van der Waals surface area (Å²) in [5.41, 5.74) is 2.81. The summed E-state index contributed by atoms with van der Waals surface area (Å²) < 4.78 is 0. The van der Waals surface area contributed by atoms with E-state index in [2.05, 4.69) is 57.0 Å². The Morgan fingerprint density at radius 2 is 1.85 bits per heavy atom. The fourth-order valence-corrected chi connectivity index (χ4v) is 5.17. The van der Waals surface area contributed by atoms with Gasteiger partial charge in [-0.1, -0.05) is 30.3 Å². The van der Waals surface area contributed by atoms with Crippen LogP contribution in [0.2, 0.25) is 0 Å². The molecule has 0 radical (unpaired) electrons. The summed E-state index contributed by atoms with van der Waals surface area (Å²) in [5, 5.41) is 4.38. The lowest BCUT2D eigenvalue weighted by molar-refractivity contribution is -0.134. The van der Waals surface area contributed by atoms with Crippen molar-refractivity contribution in [1.82, 2.24) is 9.80 Å². The van der Waals surface area contributed by atoms with Gasteiger partial charge in [0.2, 0.25) is 5.91 Å². The first-order valence-electron chi connectivity index (χ1n) is 9.87. The Kier molecular flexibility index (Phi) is 5.71. The van der Waals surface area contributed by atoms with Crippen LogP contribution in [0, 0.1) is 5.92 Å². The number of likely N-dealkylation sites (tertiary alicyclic amines) is 2. The van der Waals surface area contributed by atoms with Gasteiger partial charge in [0, 0.05) is 19.1 Å². The average Bonchev–Trinajstić information content (AvgIpc) is 3.34. The second kappa shape index (κ2) is 8.36. The van der Waals surface area contributed by atoms with Crippen molar-refractivity contribution in [3.63, 3.8) is 0 Å². The average molecular weight is 369 g/mol. The smallest absolute Gasteiger partial charge is 0.236 e. The van der Waals surface area contributed by atoms with E-state index < -0.39 is 0 Å². The van der Waals surface area contributed by atoms with Crippen molar-refractivity contribution in [2.45, 2.75) is 38.1 Å². The topological polar surface area (TPSA) is 23.6 Å². The Morgan fingerprint density at radius 3 is 2.58 bits per heavy atom. The Labute approximate surface area is 160 Å². The lowest BCUT2D eigenvalue weighted by atomic mass is 9.90. The quantitative estimate of drug-likeness (QED) is 0.782. The molecule has 0 aliphatic carbocycles. The van der Waals surface area contributed by atoms with E-state index in [9.17, 15) is 4.79 Å². The molecule has 3 heterocycles. The second-order valence-corrected chi connectivity index (χ2v) is 8.48. The molecule has 1 aromatic heterocycles. The van der Waals surface area contributed by atoms with Crippen molar-refractivity contribution in [3.8, 4) is 0 Å². The van der Waals surface area contributed by atoms with Crippen molar-refractivity contribution in [3.05, 3.63) is 58.3 Å². The molecule has 0 N–H and O–H groups in total. The van der Waals surface area contributed by atoms with Crippen LogP contribution in [-0.4, -0.2) is 41.9 Å². The van der Waals surface area contributed by atoms with Crippen molar-refractivity contribution in [2.75, 3.05) is 26.2 Å². The molecule has 2 aliphatic rings. The number of thiophene rings is 1. The minimum Gasteiger partial charge on any atom is -0.342 e. The lowest BCUT2D eigenvalue weighted by Gasteiger charge is -2.34. The highest BCUT2D eigenvalue weighted by molar-refractivity contribution is 7.07. The summed E-state index contributed by atoms with van der Waals surface area (Å²) in [4.78, 5) is 17.3. The van der Waals surface area contributed by atoms with Crippen molar-refractivity contribution in [2.24, 2.45) is 5.92 Å². The van der Waals surface area contributed by atoms with Crippen LogP contribution >= 0.6 is 11.3 Å². The molecule has 1 amide bonds. The van der Waals surface area contributed by atoms with Gasteiger partial charge in [0.1, 0.15) is 0 Å². The molecule has 1 aromatic carbocycles. The molecule has 0 bridgehead atoms. The fourth-order valence-electron chi connectivity index (χ4n) is 4.47. The van der Waals surface area contributed by atoms with E-state index in [-0.39, 0.29) is 0 Å². The van der Waals surface area contributed by atoms with Crippen molar-refractivity contribution in [1.29, 1.82) is 0 Å². The number of amides is 1. The number of hydrogen-bond acceptors (Lipinski definition) is 3. The molecule has 0 saturated carbocycles. The lowest BCUT2D eigenvalue weighted by Crippen LogP contribution is -2.44. The Bertz CT molecular complexity index is 692. The maximum absolute atomic E-state index is 12.8.